The Bertz CT molecular complexity index is 577. The first kappa shape index (κ1) is 11.6. The zero-order valence-corrected chi connectivity index (χ0v) is 10.7. The van der Waals surface area contributed by atoms with E-state index in [1.54, 1.807) is 6.07 Å². The van der Waals surface area contributed by atoms with Crippen LogP contribution in [0.5, 0.6) is 0 Å². The summed E-state index contributed by atoms with van der Waals surface area (Å²) in [6.07, 6.45) is 1.39. The number of halogens is 1. The summed E-state index contributed by atoms with van der Waals surface area (Å²) in [7, 11) is 1.89. The van der Waals surface area contributed by atoms with Crippen LogP contribution in [-0.2, 0) is 0 Å². The summed E-state index contributed by atoms with van der Waals surface area (Å²) >= 11 is 3.42. The van der Waals surface area contributed by atoms with Crippen molar-refractivity contribution in [2.24, 2.45) is 0 Å². The molecule has 1 aromatic heterocycles. The highest BCUT2D eigenvalue weighted by atomic mass is 79.9. The molecule has 0 spiro atoms. The summed E-state index contributed by atoms with van der Waals surface area (Å²) in [6.45, 7) is 0. The Labute approximate surface area is 108 Å². The molecule has 17 heavy (non-hydrogen) atoms. The van der Waals surface area contributed by atoms with Gasteiger partial charge in [0.05, 0.1) is 0 Å². The molecule has 1 heterocycles. The Morgan fingerprint density at radius 1 is 1.29 bits per heavy atom. The minimum Gasteiger partial charge on any atom is -0.329 e. The van der Waals surface area contributed by atoms with Crippen LogP contribution in [0.25, 0.3) is 0 Å². The molecule has 2 rings (SSSR count). The molecule has 0 unspecified atom stereocenters. The maximum absolute atomic E-state index is 8.79. The smallest absolute Gasteiger partial charge is 0.145 e. The highest BCUT2D eigenvalue weighted by Crippen LogP contribution is 2.24. The van der Waals surface area contributed by atoms with Crippen LogP contribution < -0.4 is 4.90 Å². The Hall–Kier alpha value is -1.93. The van der Waals surface area contributed by atoms with Gasteiger partial charge in [0, 0.05) is 23.3 Å². The Morgan fingerprint density at radius 2 is 2.12 bits per heavy atom. The van der Waals surface area contributed by atoms with Crippen LogP contribution >= 0.6 is 15.9 Å². The van der Waals surface area contributed by atoms with Crippen molar-refractivity contribution in [3.8, 4) is 6.07 Å². The summed E-state index contributed by atoms with van der Waals surface area (Å²) in [5.41, 5.74) is 1.35. The average Bonchev–Trinajstić information content (AvgIpc) is 2.38. The molecule has 0 saturated heterocycles. The first-order chi connectivity index (χ1) is 8.20. The van der Waals surface area contributed by atoms with Crippen LogP contribution in [0.1, 0.15) is 5.69 Å². The van der Waals surface area contributed by atoms with E-state index in [0.29, 0.717) is 11.5 Å². The van der Waals surface area contributed by atoms with Crippen molar-refractivity contribution < 1.29 is 0 Å². The van der Waals surface area contributed by atoms with Crippen LogP contribution in [0, 0.1) is 11.3 Å². The molecule has 1 aromatic carbocycles. The first-order valence-corrected chi connectivity index (χ1v) is 5.71. The second-order valence-electron chi connectivity index (χ2n) is 3.41. The molecule has 0 radical (unpaired) electrons. The van der Waals surface area contributed by atoms with Gasteiger partial charge < -0.3 is 4.90 Å². The van der Waals surface area contributed by atoms with Crippen molar-refractivity contribution in [1.82, 2.24) is 9.97 Å². The van der Waals surface area contributed by atoms with E-state index >= 15 is 0 Å². The molecule has 0 bridgehead atoms. The fraction of sp³-hybridized carbons (Fsp3) is 0.0833. The van der Waals surface area contributed by atoms with Crippen molar-refractivity contribution in [3.63, 3.8) is 0 Å². The van der Waals surface area contributed by atoms with Gasteiger partial charge in [0.15, 0.2) is 0 Å². The highest BCUT2D eigenvalue weighted by molar-refractivity contribution is 9.10. The van der Waals surface area contributed by atoms with Gasteiger partial charge in [-0.05, 0) is 18.2 Å². The predicted molar refractivity (Wildman–Crippen MR) is 69.0 cm³/mol. The molecule has 4 nitrogen and oxygen atoms in total. The van der Waals surface area contributed by atoms with E-state index in [2.05, 4.69) is 25.9 Å². The average molecular weight is 289 g/mol. The first-order valence-electron chi connectivity index (χ1n) is 4.92. The Morgan fingerprint density at radius 3 is 2.82 bits per heavy atom. The van der Waals surface area contributed by atoms with Gasteiger partial charge in [-0.3, -0.25) is 0 Å². The zero-order chi connectivity index (χ0) is 12.3. The van der Waals surface area contributed by atoms with E-state index in [1.165, 1.54) is 6.33 Å². The number of hydrogen-bond donors (Lipinski definition) is 0. The van der Waals surface area contributed by atoms with Crippen LogP contribution in [-0.4, -0.2) is 17.0 Å². The number of nitrogens with zero attached hydrogens (tertiary/aromatic N) is 4. The SMILES string of the molecule is CN(c1cccc(Br)c1)c1cc(C#N)ncn1. The van der Waals surface area contributed by atoms with Crippen molar-refractivity contribution in [1.29, 1.82) is 5.26 Å². The van der Waals surface area contributed by atoms with E-state index < -0.39 is 0 Å². The van der Waals surface area contributed by atoms with Gasteiger partial charge in [-0.25, -0.2) is 9.97 Å². The molecule has 0 fully saturated rings. The monoisotopic (exact) mass is 288 g/mol. The molecule has 0 aliphatic carbocycles. The predicted octanol–water partition coefficient (Wildman–Crippen LogP) is 2.88. The molecular weight excluding hydrogens is 280 g/mol. The maximum atomic E-state index is 8.79. The number of aromatic nitrogens is 2. The van der Waals surface area contributed by atoms with Gasteiger partial charge in [-0.1, -0.05) is 22.0 Å². The molecule has 84 valence electrons. The lowest BCUT2D eigenvalue weighted by atomic mass is 10.3. The normalized spacial score (nSPS) is 9.71. The summed E-state index contributed by atoms with van der Waals surface area (Å²) in [4.78, 5) is 9.88. The molecule has 2 aromatic rings. The third-order valence-corrected chi connectivity index (χ3v) is 2.80. The lowest BCUT2D eigenvalue weighted by Crippen LogP contribution is -2.11. The number of rotatable bonds is 2. The molecule has 0 atom stereocenters. The van der Waals surface area contributed by atoms with Crippen LogP contribution in [0.4, 0.5) is 11.5 Å². The Balaban J connectivity index is 2.37. The molecule has 0 amide bonds. The lowest BCUT2D eigenvalue weighted by molar-refractivity contribution is 1.07. The van der Waals surface area contributed by atoms with E-state index in [1.807, 2.05) is 42.3 Å². The summed E-state index contributed by atoms with van der Waals surface area (Å²) < 4.78 is 0.997. The number of anilines is 2. The molecule has 0 aliphatic rings. The van der Waals surface area contributed by atoms with Crippen molar-refractivity contribution in [3.05, 3.63) is 46.8 Å². The number of nitriles is 1. The largest absolute Gasteiger partial charge is 0.329 e. The minimum atomic E-state index is 0.358. The topological polar surface area (TPSA) is 52.8 Å². The van der Waals surface area contributed by atoms with E-state index in [9.17, 15) is 0 Å². The molecule has 0 saturated carbocycles. The van der Waals surface area contributed by atoms with Crippen LogP contribution in [0.3, 0.4) is 0 Å². The second kappa shape index (κ2) is 4.93. The fourth-order valence-corrected chi connectivity index (χ4v) is 1.80. The molecule has 5 heteroatoms. The molecule has 0 N–H and O–H groups in total. The third kappa shape index (κ3) is 2.60. The quantitative estimate of drug-likeness (QED) is 0.853. The highest BCUT2D eigenvalue weighted by Gasteiger charge is 2.06. The summed E-state index contributed by atoms with van der Waals surface area (Å²) in [5, 5.41) is 8.79. The summed E-state index contributed by atoms with van der Waals surface area (Å²) in [5.74, 6) is 0.689. The van der Waals surface area contributed by atoms with Crippen molar-refractivity contribution in [2.75, 3.05) is 11.9 Å². The minimum absolute atomic E-state index is 0.358. The van der Waals surface area contributed by atoms with Crippen molar-refractivity contribution in [2.45, 2.75) is 0 Å². The molecule has 0 aliphatic heterocycles. The maximum Gasteiger partial charge on any atom is 0.145 e. The number of hydrogen-bond acceptors (Lipinski definition) is 4. The zero-order valence-electron chi connectivity index (χ0n) is 9.13. The van der Waals surface area contributed by atoms with E-state index in [0.717, 1.165) is 10.2 Å². The van der Waals surface area contributed by atoms with Gasteiger partial charge in [-0.2, -0.15) is 5.26 Å². The van der Waals surface area contributed by atoms with Gasteiger partial charge >= 0.3 is 0 Å². The van der Waals surface area contributed by atoms with E-state index in [4.69, 9.17) is 5.26 Å². The lowest BCUT2D eigenvalue weighted by Gasteiger charge is -2.18. The third-order valence-electron chi connectivity index (χ3n) is 2.31. The summed E-state index contributed by atoms with van der Waals surface area (Å²) in [6, 6.07) is 11.5. The standard InChI is InChI=1S/C12H9BrN4/c1-17(11-4-2-3-9(13)5-11)12-6-10(7-14)15-8-16-12/h2-6,8H,1H3. The van der Waals surface area contributed by atoms with Gasteiger partial charge in [0.1, 0.15) is 23.9 Å². The van der Waals surface area contributed by atoms with E-state index in [-0.39, 0.29) is 0 Å². The van der Waals surface area contributed by atoms with Crippen LogP contribution in [0.15, 0.2) is 41.1 Å². The second-order valence-corrected chi connectivity index (χ2v) is 4.33. The van der Waals surface area contributed by atoms with Gasteiger partial charge in [0.25, 0.3) is 0 Å². The molecular formula is C12H9BrN4. The Kier molecular flexibility index (Phi) is 3.35. The van der Waals surface area contributed by atoms with Crippen LogP contribution in [0.2, 0.25) is 0 Å². The van der Waals surface area contributed by atoms with Gasteiger partial charge in [0.2, 0.25) is 0 Å². The van der Waals surface area contributed by atoms with Gasteiger partial charge in [-0.15, -0.1) is 0 Å². The fourth-order valence-electron chi connectivity index (χ4n) is 1.41. The van der Waals surface area contributed by atoms with Crippen molar-refractivity contribution >= 4 is 27.4 Å². The number of benzene rings is 1.